The molecule has 0 spiro atoms. The number of nitrogens with zero attached hydrogens (tertiary/aromatic N) is 1. The van der Waals surface area contributed by atoms with Crippen LogP contribution in [0.5, 0.6) is 0 Å². The van der Waals surface area contributed by atoms with Gasteiger partial charge in [0, 0.05) is 12.1 Å². The molecule has 19 heavy (non-hydrogen) atoms. The zero-order valence-corrected chi connectivity index (χ0v) is 13.0. The molecule has 0 aromatic rings. The summed E-state index contributed by atoms with van der Waals surface area (Å²) in [5.41, 5.74) is -0.183. The molecule has 1 rings (SSSR count). The van der Waals surface area contributed by atoms with Gasteiger partial charge >= 0.3 is 0 Å². The Kier molecular flexibility index (Phi) is 6.73. The van der Waals surface area contributed by atoms with E-state index in [1.807, 2.05) is 7.05 Å². The second-order valence-corrected chi connectivity index (χ2v) is 7.80. The molecular weight excluding hydrogens is 264 g/mol. The summed E-state index contributed by atoms with van der Waals surface area (Å²) in [6.07, 6.45) is 3.54. The van der Waals surface area contributed by atoms with Gasteiger partial charge in [-0.1, -0.05) is 6.92 Å². The zero-order valence-electron chi connectivity index (χ0n) is 12.2. The van der Waals surface area contributed by atoms with Crippen LogP contribution >= 0.6 is 0 Å². The fourth-order valence-electron chi connectivity index (χ4n) is 2.60. The molecule has 0 aromatic heterocycles. The van der Waals surface area contributed by atoms with Crippen LogP contribution < -0.4 is 5.32 Å². The smallest absolute Gasteiger partial charge is 0.151 e. The molecule has 114 valence electrons. The Morgan fingerprint density at radius 1 is 1.32 bits per heavy atom. The lowest BCUT2D eigenvalue weighted by Gasteiger charge is -2.31. The third-order valence-corrected chi connectivity index (χ3v) is 6.00. The van der Waals surface area contributed by atoms with E-state index in [0.717, 1.165) is 38.8 Å². The van der Waals surface area contributed by atoms with Gasteiger partial charge in [0.2, 0.25) is 0 Å². The summed E-state index contributed by atoms with van der Waals surface area (Å²) >= 11 is 0. The largest absolute Gasteiger partial charge is 0.394 e. The number of likely N-dealkylation sites (N-methyl/N-ethyl adjacent to an activating group) is 1. The summed E-state index contributed by atoms with van der Waals surface area (Å²) < 4.78 is 23.0. The summed E-state index contributed by atoms with van der Waals surface area (Å²) in [5, 5.41) is 12.7. The van der Waals surface area contributed by atoms with E-state index in [1.165, 1.54) is 0 Å². The van der Waals surface area contributed by atoms with Crippen molar-refractivity contribution >= 4 is 9.84 Å². The molecule has 0 aliphatic carbocycles. The summed E-state index contributed by atoms with van der Waals surface area (Å²) in [5.74, 6) is 0.619. The lowest BCUT2D eigenvalue weighted by molar-refractivity contribution is 0.146. The van der Waals surface area contributed by atoms with E-state index in [0.29, 0.717) is 12.3 Å². The van der Waals surface area contributed by atoms with E-state index in [-0.39, 0.29) is 17.9 Å². The Balaban J connectivity index is 2.36. The van der Waals surface area contributed by atoms with Crippen LogP contribution in [0, 0.1) is 0 Å². The fraction of sp³-hybridized carbons (Fsp3) is 1.00. The predicted octanol–water partition coefficient (Wildman–Crippen LogP) is 0.248. The average Bonchev–Trinajstić information content (AvgIpc) is 2.57. The molecule has 1 heterocycles. The van der Waals surface area contributed by atoms with Gasteiger partial charge in [0.15, 0.2) is 9.84 Å². The zero-order chi connectivity index (χ0) is 14.4. The van der Waals surface area contributed by atoms with E-state index < -0.39 is 9.84 Å². The van der Waals surface area contributed by atoms with Gasteiger partial charge in [-0.3, -0.25) is 0 Å². The highest BCUT2D eigenvalue weighted by atomic mass is 32.2. The van der Waals surface area contributed by atoms with Crippen LogP contribution in [0.1, 0.15) is 32.6 Å². The number of hydrogen-bond donors (Lipinski definition) is 2. The highest BCUT2D eigenvalue weighted by Crippen LogP contribution is 2.17. The van der Waals surface area contributed by atoms with Gasteiger partial charge in [-0.2, -0.15) is 0 Å². The maximum Gasteiger partial charge on any atom is 0.151 e. The summed E-state index contributed by atoms with van der Waals surface area (Å²) in [4.78, 5) is 2.23. The third-order valence-electron chi connectivity index (χ3n) is 4.29. The van der Waals surface area contributed by atoms with Crippen molar-refractivity contribution in [1.29, 1.82) is 0 Å². The second-order valence-electron chi connectivity index (χ2n) is 5.49. The van der Waals surface area contributed by atoms with Crippen molar-refractivity contribution in [3.8, 4) is 0 Å². The number of aliphatic hydroxyl groups excluding tert-OH is 1. The second kappa shape index (κ2) is 7.57. The van der Waals surface area contributed by atoms with Crippen molar-refractivity contribution in [2.75, 3.05) is 44.8 Å². The number of hydrogen-bond acceptors (Lipinski definition) is 5. The lowest BCUT2D eigenvalue weighted by atomic mass is 9.91. The molecule has 1 aliphatic rings. The Hall–Kier alpha value is -0.170. The highest BCUT2D eigenvalue weighted by Gasteiger charge is 2.25. The van der Waals surface area contributed by atoms with Crippen LogP contribution in [0.25, 0.3) is 0 Å². The minimum absolute atomic E-state index is 0.147. The van der Waals surface area contributed by atoms with Crippen LogP contribution in [-0.2, 0) is 9.84 Å². The topological polar surface area (TPSA) is 69.6 Å². The van der Waals surface area contributed by atoms with Gasteiger partial charge in [-0.25, -0.2) is 8.42 Å². The first-order valence-electron chi connectivity index (χ1n) is 7.19. The molecule has 0 radical (unpaired) electrons. The quantitative estimate of drug-likeness (QED) is 0.704. The molecular formula is C13H28N2O3S. The van der Waals surface area contributed by atoms with Gasteiger partial charge < -0.3 is 15.3 Å². The minimum Gasteiger partial charge on any atom is -0.394 e. The van der Waals surface area contributed by atoms with Crippen molar-refractivity contribution in [3.05, 3.63) is 0 Å². The molecule has 5 nitrogen and oxygen atoms in total. The monoisotopic (exact) mass is 292 g/mol. The summed E-state index contributed by atoms with van der Waals surface area (Å²) in [6.45, 7) is 4.66. The molecule has 1 saturated heterocycles. The van der Waals surface area contributed by atoms with Gasteiger partial charge in [0.25, 0.3) is 0 Å². The maximum absolute atomic E-state index is 11.5. The van der Waals surface area contributed by atoms with E-state index in [4.69, 9.17) is 0 Å². The predicted molar refractivity (Wildman–Crippen MR) is 78.1 cm³/mol. The van der Waals surface area contributed by atoms with Crippen molar-refractivity contribution in [1.82, 2.24) is 10.2 Å². The molecule has 1 atom stereocenters. The summed E-state index contributed by atoms with van der Waals surface area (Å²) in [6, 6.07) is 0. The van der Waals surface area contributed by atoms with Gasteiger partial charge in [-0.05, 0) is 45.8 Å². The van der Waals surface area contributed by atoms with Crippen LogP contribution in [0.3, 0.4) is 0 Å². The number of sulfone groups is 1. The van der Waals surface area contributed by atoms with Crippen molar-refractivity contribution in [2.45, 2.75) is 38.1 Å². The first-order valence-corrected chi connectivity index (χ1v) is 9.01. The molecule has 1 fully saturated rings. The molecule has 1 unspecified atom stereocenters. The van der Waals surface area contributed by atoms with Gasteiger partial charge in [-0.15, -0.1) is 0 Å². The maximum atomic E-state index is 11.5. The standard InChI is InChI=1S/C13H28N2O3S/c1-3-13(12-16,14-2)6-4-7-15-8-5-10-19(17,18)11-9-15/h14,16H,3-12H2,1-2H3. The molecule has 0 bridgehead atoms. The first-order chi connectivity index (χ1) is 8.97. The van der Waals surface area contributed by atoms with Crippen LogP contribution in [0.15, 0.2) is 0 Å². The van der Waals surface area contributed by atoms with E-state index >= 15 is 0 Å². The van der Waals surface area contributed by atoms with E-state index in [1.54, 1.807) is 0 Å². The number of nitrogens with one attached hydrogen (secondary N) is 1. The molecule has 2 N–H and O–H groups in total. The molecule has 0 aromatic carbocycles. The first kappa shape index (κ1) is 16.9. The SMILES string of the molecule is CCC(CO)(CCCN1CCCS(=O)(=O)CC1)NC. The van der Waals surface area contributed by atoms with Crippen LogP contribution in [0.2, 0.25) is 0 Å². The van der Waals surface area contributed by atoms with Gasteiger partial charge in [0.1, 0.15) is 0 Å². The Bertz CT molecular complexity index is 345. The van der Waals surface area contributed by atoms with Crippen molar-refractivity contribution in [2.24, 2.45) is 0 Å². The van der Waals surface area contributed by atoms with E-state index in [2.05, 4.69) is 17.1 Å². The Labute approximate surface area is 117 Å². The molecule has 6 heteroatoms. The Morgan fingerprint density at radius 3 is 2.63 bits per heavy atom. The van der Waals surface area contributed by atoms with Crippen molar-refractivity contribution < 1.29 is 13.5 Å². The fourth-order valence-corrected chi connectivity index (χ4v) is 3.91. The number of aliphatic hydroxyl groups is 1. The normalized spacial score (nSPS) is 23.7. The molecule has 0 saturated carbocycles. The molecule has 0 amide bonds. The number of rotatable bonds is 7. The lowest BCUT2D eigenvalue weighted by Crippen LogP contribution is -2.46. The van der Waals surface area contributed by atoms with Gasteiger partial charge in [0.05, 0.1) is 18.1 Å². The highest BCUT2D eigenvalue weighted by molar-refractivity contribution is 7.91. The third kappa shape index (κ3) is 5.38. The molecule has 1 aliphatic heterocycles. The average molecular weight is 292 g/mol. The van der Waals surface area contributed by atoms with Crippen LogP contribution in [-0.4, -0.2) is 68.8 Å². The van der Waals surface area contributed by atoms with Crippen molar-refractivity contribution in [3.63, 3.8) is 0 Å². The Morgan fingerprint density at radius 2 is 2.05 bits per heavy atom. The summed E-state index contributed by atoms with van der Waals surface area (Å²) in [7, 11) is -0.926. The minimum atomic E-state index is -2.81. The van der Waals surface area contributed by atoms with Crippen LogP contribution in [0.4, 0.5) is 0 Å². The van der Waals surface area contributed by atoms with E-state index in [9.17, 15) is 13.5 Å².